The maximum Gasteiger partial charge on any atom is 0.191 e. The molecule has 0 aliphatic rings. The number of rotatable bonds is 6. The van der Waals surface area contributed by atoms with Crippen LogP contribution in [0.4, 0.5) is 5.69 Å². The van der Waals surface area contributed by atoms with Gasteiger partial charge >= 0.3 is 0 Å². The Labute approximate surface area is 168 Å². The summed E-state index contributed by atoms with van der Waals surface area (Å²) in [6, 6.07) is 16.8. The zero-order chi connectivity index (χ0) is 17.4. The molecule has 5 heteroatoms. The number of halogens is 1. The molecule has 136 valence electrons. The normalized spacial score (nSPS) is 10.8. The summed E-state index contributed by atoms with van der Waals surface area (Å²) in [7, 11) is 4.12. The lowest BCUT2D eigenvalue weighted by atomic mass is 10.1. The first kappa shape index (κ1) is 21.3. The number of aliphatic imine (C=N–C) groups is 1. The van der Waals surface area contributed by atoms with Crippen molar-refractivity contribution < 1.29 is 0 Å². The van der Waals surface area contributed by atoms with Gasteiger partial charge in [0.15, 0.2) is 5.96 Å². The number of hydrogen-bond donors (Lipinski definition) is 2. The van der Waals surface area contributed by atoms with Crippen molar-refractivity contribution in [1.82, 2.24) is 10.6 Å². The molecule has 0 aliphatic carbocycles. The Kier molecular flexibility index (Phi) is 9.34. The highest BCUT2D eigenvalue weighted by atomic mass is 127. The van der Waals surface area contributed by atoms with Crippen LogP contribution in [0.5, 0.6) is 0 Å². The summed E-state index contributed by atoms with van der Waals surface area (Å²) in [6.07, 6.45) is 0. The van der Waals surface area contributed by atoms with E-state index in [2.05, 4.69) is 78.8 Å². The molecular formula is C20H29IN4. The van der Waals surface area contributed by atoms with Crippen molar-refractivity contribution in [1.29, 1.82) is 0 Å². The highest BCUT2D eigenvalue weighted by Gasteiger charge is 2.03. The highest BCUT2D eigenvalue weighted by Crippen LogP contribution is 2.17. The molecule has 0 atom stereocenters. The Bertz CT molecular complexity index is 669. The van der Waals surface area contributed by atoms with Crippen molar-refractivity contribution in [3.8, 4) is 0 Å². The minimum Gasteiger partial charge on any atom is -0.378 e. The van der Waals surface area contributed by atoms with Gasteiger partial charge in [-0.2, -0.15) is 0 Å². The van der Waals surface area contributed by atoms with E-state index < -0.39 is 0 Å². The Morgan fingerprint density at radius 1 is 1.04 bits per heavy atom. The topological polar surface area (TPSA) is 39.7 Å². The monoisotopic (exact) mass is 452 g/mol. The average molecular weight is 452 g/mol. The van der Waals surface area contributed by atoms with Gasteiger partial charge in [0.25, 0.3) is 0 Å². The minimum absolute atomic E-state index is 0. The van der Waals surface area contributed by atoms with Gasteiger partial charge in [-0.25, -0.2) is 4.99 Å². The molecule has 0 fully saturated rings. The fraction of sp³-hybridized carbons (Fsp3) is 0.350. The highest BCUT2D eigenvalue weighted by molar-refractivity contribution is 14.0. The van der Waals surface area contributed by atoms with E-state index in [1.54, 1.807) is 0 Å². The third kappa shape index (κ3) is 6.94. The van der Waals surface area contributed by atoms with Crippen LogP contribution < -0.4 is 15.5 Å². The van der Waals surface area contributed by atoms with Crippen LogP contribution >= 0.6 is 24.0 Å². The van der Waals surface area contributed by atoms with E-state index in [-0.39, 0.29) is 24.0 Å². The van der Waals surface area contributed by atoms with Gasteiger partial charge in [-0.05, 0) is 42.7 Å². The largest absolute Gasteiger partial charge is 0.378 e. The molecule has 0 bridgehead atoms. The number of aryl methyl sites for hydroxylation is 1. The van der Waals surface area contributed by atoms with Gasteiger partial charge in [0.05, 0.1) is 6.54 Å². The van der Waals surface area contributed by atoms with E-state index in [0.717, 1.165) is 19.0 Å². The zero-order valence-corrected chi connectivity index (χ0v) is 17.9. The number of benzene rings is 2. The predicted octanol–water partition coefficient (Wildman–Crippen LogP) is 3.93. The van der Waals surface area contributed by atoms with E-state index in [9.17, 15) is 0 Å². The molecule has 0 heterocycles. The second-order valence-electron chi connectivity index (χ2n) is 6.04. The lowest BCUT2D eigenvalue weighted by Crippen LogP contribution is -2.36. The summed E-state index contributed by atoms with van der Waals surface area (Å²) in [5.41, 5.74) is 5.00. The number of hydrogen-bond acceptors (Lipinski definition) is 2. The van der Waals surface area contributed by atoms with Crippen LogP contribution in [0, 0.1) is 6.92 Å². The van der Waals surface area contributed by atoms with E-state index in [1.165, 1.54) is 22.4 Å². The number of nitrogens with one attached hydrogen (secondary N) is 2. The van der Waals surface area contributed by atoms with Gasteiger partial charge in [-0.1, -0.05) is 36.4 Å². The van der Waals surface area contributed by atoms with Crippen molar-refractivity contribution in [2.24, 2.45) is 4.99 Å². The van der Waals surface area contributed by atoms with Crippen molar-refractivity contribution in [3.63, 3.8) is 0 Å². The fourth-order valence-electron chi connectivity index (χ4n) is 2.43. The molecule has 0 spiro atoms. The SMILES string of the molecule is CCNC(=NCc1ccccc1)NCc1ccc(N(C)C)cc1C.I. The van der Waals surface area contributed by atoms with Crippen LogP contribution in [0.1, 0.15) is 23.6 Å². The molecule has 2 aromatic rings. The van der Waals surface area contributed by atoms with Gasteiger partial charge in [0.1, 0.15) is 0 Å². The summed E-state index contributed by atoms with van der Waals surface area (Å²) in [4.78, 5) is 6.78. The van der Waals surface area contributed by atoms with Gasteiger partial charge in [0.2, 0.25) is 0 Å². The quantitative estimate of drug-likeness (QED) is 0.397. The van der Waals surface area contributed by atoms with Crippen LogP contribution in [0.15, 0.2) is 53.5 Å². The van der Waals surface area contributed by atoms with Crippen LogP contribution in [-0.2, 0) is 13.1 Å². The second kappa shape index (κ2) is 11.0. The van der Waals surface area contributed by atoms with Crippen molar-refractivity contribution >= 4 is 35.6 Å². The third-order valence-electron chi connectivity index (χ3n) is 3.90. The minimum atomic E-state index is 0. The number of guanidine groups is 1. The number of anilines is 1. The standard InChI is InChI=1S/C20H28N4.HI/c1-5-21-20(22-14-17-9-7-6-8-10-17)23-15-18-11-12-19(24(3)4)13-16(18)2;/h6-13H,5,14-15H2,1-4H3,(H2,21,22,23);1H. The maximum absolute atomic E-state index is 4.66. The first-order valence-corrected chi connectivity index (χ1v) is 8.43. The fourth-order valence-corrected chi connectivity index (χ4v) is 2.43. The van der Waals surface area contributed by atoms with E-state index in [0.29, 0.717) is 6.54 Å². The van der Waals surface area contributed by atoms with Crippen LogP contribution in [0.3, 0.4) is 0 Å². The third-order valence-corrected chi connectivity index (χ3v) is 3.90. The molecule has 0 unspecified atom stereocenters. The summed E-state index contributed by atoms with van der Waals surface area (Å²) >= 11 is 0. The smallest absolute Gasteiger partial charge is 0.191 e. The molecule has 2 N–H and O–H groups in total. The molecule has 0 saturated carbocycles. The van der Waals surface area contributed by atoms with E-state index >= 15 is 0 Å². The van der Waals surface area contributed by atoms with Gasteiger partial charge in [-0.15, -0.1) is 24.0 Å². The summed E-state index contributed by atoms with van der Waals surface area (Å²) < 4.78 is 0. The molecule has 0 aliphatic heterocycles. The molecule has 2 aromatic carbocycles. The van der Waals surface area contributed by atoms with Gasteiger partial charge in [-0.3, -0.25) is 0 Å². The van der Waals surface area contributed by atoms with Gasteiger partial charge < -0.3 is 15.5 Å². The Hall–Kier alpha value is -1.76. The summed E-state index contributed by atoms with van der Waals surface area (Å²) in [5, 5.41) is 6.72. The molecule has 2 rings (SSSR count). The molecule has 0 radical (unpaired) electrons. The van der Waals surface area contributed by atoms with Crippen LogP contribution in [0.25, 0.3) is 0 Å². The Morgan fingerprint density at radius 2 is 1.76 bits per heavy atom. The van der Waals surface area contributed by atoms with E-state index in [4.69, 9.17) is 0 Å². The zero-order valence-electron chi connectivity index (χ0n) is 15.5. The lowest BCUT2D eigenvalue weighted by Gasteiger charge is -2.16. The van der Waals surface area contributed by atoms with Crippen LogP contribution in [-0.4, -0.2) is 26.6 Å². The molecule has 4 nitrogen and oxygen atoms in total. The first-order valence-electron chi connectivity index (χ1n) is 8.43. The van der Waals surface area contributed by atoms with E-state index in [1.807, 2.05) is 18.2 Å². The lowest BCUT2D eigenvalue weighted by molar-refractivity contribution is 0.812. The average Bonchev–Trinajstić information content (AvgIpc) is 2.59. The predicted molar refractivity (Wildman–Crippen MR) is 119 cm³/mol. The Morgan fingerprint density at radius 3 is 2.36 bits per heavy atom. The Balaban J connectivity index is 0.00000312. The summed E-state index contributed by atoms with van der Waals surface area (Å²) in [6.45, 7) is 6.52. The number of nitrogens with zero attached hydrogens (tertiary/aromatic N) is 2. The molecule has 0 amide bonds. The second-order valence-corrected chi connectivity index (χ2v) is 6.04. The van der Waals surface area contributed by atoms with Crippen molar-refractivity contribution in [3.05, 3.63) is 65.2 Å². The molecule has 0 aromatic heterocycles. The first-order chi connectivity index (χ1) is 11.6. The molecular weight excluding hydrogens is 423 g/mol. The maximum atomic E-state index is 4.66. The summed E-state index contributed by atoms with van der Waals surface area (Å²) in [5.74, 6) is 0.845. The van der Waals surface area contributed by atoms with Crippen molar-refractivity contribution in [2.45, 2.75) is 26.9 Å². The van der Waals surface area contributed by atoms with Crippen molar-refractivity contribution in [2.75, 3.05) is 25.5 Å². The van der Waals surface area contributed by atoms with Gasteiger partial charge in [0, 0.05) is 32.9 Å². The van der Waals surface area contributed by atoms with Crippen LogP contribution in [0.2, 0.25) is 0 Å². The molecule has 0 saturated heterocycles. The molecule has 25 heavy (non-hydrogen) atoms.